The van der Waals surface area contributed by atoms with Gasteiger partial charge in [-0.25, -0.2) is 0 Å². The molecule has 138 heavy (non-hydrogen) atoms. The quantitative estimate of drug-likeness (QED) is 0.0753. The molecule has 0 fully saturated rings. The average Bonchev–Trinajstić information content (AvgIpc) is 1.07. The van der Waals surface area contributed by atoms with Crippen molar-refractivity contribution in [3.05, 3.63) is 497 Å². The lowest BCUT2D eigenvalue weighted by Crippen LogP contribution is -2.52. The van der Waals surface area contributed by atoms with Gasteiger partial charge in [0.25, 0.3) is 0 Å². The Balaban J connectivity index is 0.000000143. The summed E-state index contributed by atoms with van der Waals surface area (Å²) < 4.78 is 27.3. The molecule has 8 heteroatoms. The lowest BCUT2D eigenvalue weighted by Gasteiger charge is -2.28. The van der Waals surface area contributed by atoms with Gasteiger partial charge in [0.1, 0.15) is 39.7 Å². The van der Waals surface area contributed by atoms with Crippen LogP contribution in [0.3, 0.4) is 0 Å². The van der Waals surface area contributed by atoms with Crippen molar-refractivity contribution in [2.24, 2.45) is 0 Å². The highest BCUT2D eigenvalue weighted by atomic mass is 16.5. The second kappa shape index (κ2) is 33.0. The fourth-order valence-corrected chi connectivity index (χ4v) is 22.4. The molecule has 0 spiro atoms. The summed E-state index contributed by atoms with van der Waals surface area (Å²) in [5.74, 6) is 3.38. The molecule has 2 aromatic heterocycles. The molecule has 24 aromatic carbocycles. The van der Waals surface area contributed by atoms with Gasteiger partial charge in [-0.2, -0.15) is 0 Å². The molecule has 6 nitrogen and oxygen atoms in total. The van der Waals surface area contributed by atoms with Crippen LogP contribution >= 0.6 is 0 Å². The Hall–Kier alpha value is -18.0. The molecule has 0 unspecified atom stereocenters. The average molecular weight is 1760 g/mol. The summed E-state index contributed by atoms with van der Waals surface area (Å²) in [4.78, 5) is 4.56. The van der Waals surface area contributed by atoms with Crippen molar-refractivity contribution in [1.82, 2.24) is 0 Å². The fraction of sp³-hybridized carbons (Fsp3) is 0. The van der Waals surface area contributed by atoms with Gasteiger partial charge in [-0.1, -0.05) is 397 Å². The Morgan fingerprint density at radius 3 is 1.12 bits per heavy atom. The first-order chi connectivity index (χ1) is 68.5. The molecule has 0 N–H and O–H groups in total. The molecule has 26 aromatic rings. The number of para-hydroxylation sites is 7. The summed E-state index contributed by atoms with van der Waals surface area (Å²) in [6.45, 7) is -0.0181. The van der Waals surface area contributed by atoms with Crippen LogP contribution in [0.5, 0.6) is 23.0 Å². The molecule has 0 bridgehead atoms. The number of furan rings is 2. The van der Waals surface area contributed by atoms with Gasteiger partial charge in [0, 0.05) is 78.3 Å². The number of anilines is 6. The highest BCUT2D eigenvalue weighted by molar-refractivity contribution is 6.98. The Kier molecular flexibility index (Phi) is 19.1. The summed E-state index contributed by atoms with van der Waals surface area (Å²) in [6, 6.07) is 179. The van der Waals surface area contributed by atoms with Crippen LogP contribution in [0.25, 0.3) is 175 Å². The van der Waals surface area contributed by atoms with E-state index in [1.165, 1.54) is 120 Å². The Morgan fingerprint density at radius 2 is 0.536 bits per heavy atom. The van der Waals surface area contributed by atoms with Gasteiger partial charge in [-0.15, -0.1) is 0 Å². The maximum absolute atomic E-state index is 7.03. The first-order valence-electron chi connectivity index (χ1n) is 47.4. The van der Waals surface area contributed by atoms with Crippen LogP contribution in [0.4, 0.5) is 34.1 Å². The van der Waals surface area contributed by atoms with Gasteiger partial charge in [0.05, 0.1) is 11.4 Å². The van der Waals surface area contributed by atoms with E-state index in [1.54, 1.807) is 0 Å². The molecule has 0 saturated carbocycles. The van der Waals surface area contributed by atoms with E-state index in [1.807, 2.05) is 18.2 Å². The van der Waals surface area contributed by atoms with Crippen molar-refractivity contribution in [1.29, 1.82) is 0 Å². The topological polar surface area (TPSA) is 51.2 Å². The molecule has 2 aliphatic heterocycles. The SMILES string of the molecule is c1ccc(-c2ccccc2B(c2ccc(-c3cc4c5cccc6c5c(cc4c4ccccc34)-c3ccc(N(c4ccccc4)c4cccc5c4oc4ccccc45)cc3O6)cc2)c2cccc3c2oc2ccccc23)cc1.c1ccc(B(c2ccccc2)c2cccc3c(-c4cc5c6cccc7c6c(cc5c5ccccc45)-c4ccc(N(c5ccccc5)c5ccccc5)cc4O7)cccc23)cc1. The van der Waals surface area contributed by atoms with Crippen LogP contribution in [0.15, 0.2) is 506 Å². The second-order valence-electron chi connectivity index (χ2n) is 36.2. The van der Waals surface area contributed by atoms with Crippen LogP contribution in [0, 0.1) is 0 Å². The predicted molar refractivity (Wildman–Crippen MR) is 582 cm³/mol. The zero-order valence-electron chi connectivity index (χ0n) is 75.0. The van der Waals surface area contributed by atoms with E-state index in [4.69, 9.17) is 18.3 Å². The van der Waals surface area contributed by atoms with Crippen molar-refractivity contribution >= 4 is 200 Å². The number of rotatable bonds is 15. The van der Waals surface area contributed by atoms with Crippen LogP contribution in [0.1, 0.15) is 0 Å². The predicted octanol–water partition coefficient (Wildman–Crippen LogP) is 31.8. The van der Waals surface area contributed by atoms with Gasteiger partial charge in [-0.05, 0) is 230 Å². The van der Waals surface area contributed by atoms with E-state index in [2.05, 4.69) is 489 Å². The third-order valence-corrected chi connectivity index (χ3v) is 28.5. The van der Waals surface area contributed by atoms with Crippen LogP contribution in [0.2, 0.25) is 0 Å². The van der Waals surface area contributed by atoms with Crippen LogP contribution in [-0.4, -0.2) is 13.4 Å². The van der Waals surface area contributed by atoms with Crippen LogP contribution < -0.4 is 52.1 Å². The van der Waals surface area contributed by atoms with Gasteiger partial charge in [-0.3, -0.25) is 0 Å². The first-order valence-corrected chi connectivity index (χ1v) is 47.4. The van der Waals surface area contributed by atoms with Gasteiger partial charge >= 0.3 is 0 Å². The smallest absolute Gasteiger partial charge is 0.246 e. The standard InChI is InChI=1S/C72H44BNO3.C58H38BNO/c1-3-18-45(19-4-1)50-22-9-12-30-63(50)73(64-31-15-28-57-53-25-10-13-33-66(53)76-71(57)64)47-38-36-46(37-39-47)59-43-61-56-27-17-35-68-70(56)62(44-60(61)52-24-8-7-23-51(52)59)55-41-40-49(42-69(55)75-68)74(48-20-5-2-6-21-48)65-32-16-29-58-54-26-11-14-34-67(54)77-72(58)65;1-5-18-39(19-6-1)59(40-20-7-2-8-21-40)55-32-16-29-44-47(28-15-30-48(44)55)51-37-53-50-31-17-33-56-58(50)54(38-52(53)46-27-14-13-26-45(46)51)49-35-34-43(36-57(49)61-56)60(41-22-9-3-10-23-41)42-24-11-4-12-25-42/h1-44H;1-38H. The Labute approximate surface area is 798 Å². The molecule has 642 valence electrons. The minimum absolute atomic E-state index is 0.0970. The number of hydrogen-bond acceptors (Lipinski definition) is 6. The Bertz CT molecular complexity index is 9280. The summed E-state index contributed by atoms with van der Waals surface area (Å²) in [5.41, 5.74) is 28.8. The highest BCUT2D eigenvalue weighted by Crippen LogP contribution is 2.56. The normalized spacial score (nSPS) is 11.9. The van der Waals surface area contributed by atoms with Gasteiger partial charge < -0.3 is 28.1 Å². The number of benzene rings is 24. The molecular formula is C130H82B2N2O4. The monoisotopic (exact) mass is 1760 g/mol. The molecule has 0 aliphatic carbocycles. The first kappa shape index (κ1) is 79.7. The molecule has 0 saturated heterocycles. The van der Waals surface area contributed by atoms with E-state index in [-0.39, 0.29) is 13.4 Å². The molecule has 2 aliphatic rings. The van der Waals surface area contributed by atoms with Gasteiger partial charge in [0.2, 0.25) is 13.4 Å². The lowest BCUT2D eigenvalue weighted by molar-refractivity contribution is 0.487. The molecule has 0 atom stereocenters. The maximum atomic E-state index is 7.03. The van der Waals surface area contributed by atoms with E-state index in [0.717, 1.165) is 145 Å². The van der Waals surface area contributed by atoms with E-state index in [9.17, 15) is 0 Å². The van der Waals surface area contributed by atoms with Crippen LogP contribution in [-0.2, 0) is 0 Å². The summed E-state index contributed by atoms with van der Waals surface area (Å²) >= 11 is 0. The minimum Gasteiger partial charge on any atom is -0.457 e. The summed E-state index contributed by atoms with van der Waals surface area (Å²) in [7, 11) is 0. The number of nitrogens with zero attached hydrogens (tertiary/aromatic N) is 2. The van der Waals surface area contributed by atoms with Gasteiger partial charge in [0.15, 0.2) is 5.58 Å². The lowest BCUT2D eigenvalue weighted by atomic mass is 9.35. The Morgan fingerprint density at radius 1 is 0.167 bits per heavy atom. The minimum atomic E-state index is -0.115. The van der Waals surface area contributed by atoms with E-state index in [0.29, 0.717) is 0 Å². The van der Waals surface area contributed by atoms with Crippen molar-refractivity contribution in [2.75, 3.05) is 9.80 Å². The highest BCUT2D eigenvalue weighted by Gasteiger charge is 2.33. The molecule has 4 heterocycles. The molecule has 0 amide bonds. The maximum Gasteiger partial charge on any atom is 0.246 e. The van der Waals surface area contributed by atoms with E-state index < -0.39 is 0 Å². The zero-order chi connectivity index (χ0) is 90.8. The third-order valence-electron chi connectivity index (χ3n) is 28.5. The van der Waals surface area contributed by atoms with Crippen molar-refractivity contribution in [3.8, 4) is 78.6 Å². The van der Waals surface area contributed by atoms with Crippen molar-refractivity contribution in [3.63, 3.8) is 0 Å². The molecule has 28 rings (SSSR count). The number of fused-ring (bicyclic) bond motifs is 19. The van der Waals surface area contributed by atoms with E-state index >= 15 is 0 Å². The number of hydrogen-bond donors (Lipinski definition) is 0. The third kappa shape index (κ3) is 13.3. The molecular weight excluding hydrogens is 1680 g/mol. The fourth-order valence-electron chi connectivity index (χ4n) is 22.4. The summed E-state index contributed by atoms with van der Waals surface area (Å²) in [6.07, 6.45) is 0. The van der Waals surface area contributed by atoms with Crippen molar-refractivity contribution < 1.29 is 18.3 Å². The molecule has 0 radical (unpaired) electrons. The summed E-state index contributed by atoms with van der Waals surface area (Å²) in [5, 5.41) is 21.3. The zero-order valence-corrected chi connectivity index (χ0v) is 75.0. The number of ether oxygens (including phenoxy) is 2. The van der Waals surface area contributed by atoms with Crippen molar-refractivity contribution in [2.45, 2.75) is 0 Å². The second-order valence-corrected chi connectivity index (χ2v) is 36.2. The largest absolute Gasteiger partial charge is 0.457 e.